The van der Waals surface area contributed by atoms with Gasteiger partial charge >= 0.3 is 0 Å². The first-order chi connectivity index (χ1) is 9.38. The van der Waals surface area contributed by atoms with E-state index in [1.54, 1.807) is 12.1 Å². The van der Waals surface area contributed by atoms with Crippen LogP contribution in [-0.4, -0.2) is 24.4 Å². The molecule has 118 valence electrons. The molecule has 1 rings (SSSR count). The Balaban J connectivity index is 0.00000400. The number of carbonyl (C=O) groups is 2. The van der Waals surface area contributed by atoms with Gasteiger partial charge in [0, 0.05) is 10.2 Å². The molecule has 0 saturated carbocycles. The lowest BCUT2D eigenvalue weighted by atomic mass is 10.0. The Morgan fingerprint density at radius 3 is 2.33 bits per heavy atom. The van der Waals surface area contributed by atoms with Gasteiger partial charge in [0.15, 0.2) is 0 Å². The van der Waals surface area contributed by atoms with E-state index in [-0.39, 0.29) is 30.8 Å². The molecule has 1 atom stereocenters. The lowest BCUT2D eigenvalue weighted by Crippen LogP contribution is -2.44. The molecule has 0 bridgehead atoms. The minimum absolute atomic E-state index is 0. The van der Waals surface area contributed by atoms with Gasteiger partial charge in [0.05, 0.1) is 12.6 Å². The van der Waals surface area contributed by atoms with Crippen LogP contribution >= 0.6 is 28.3 Å². The highest BCUT2D eigenvalue weighted by Crippen LogP contribution is 2.13. The van der Waals surface area contributed by atoms with E-state index in [0.29, 0.717) is 18.0 Å². The van der Waals surface area contributed by atoms with Gasteiger partial charge in [0.2, 0.25) is 11.8 Å². The SMILES string of the molecule is CC(C)C[C@H](N)C(=O)NCC(=O)Nc1ccc(Br)cc1.Cl. The molecule has 0 fully saturated rings. The van der Waals surface area contributed by atoms with Gasteiger partial charge in [0.25, 0.3) is 0 Å². The maximum Gasteiger partial charge on any atom is 0.243 e. The molecule has 1 aromatic carbocycles. The molecule has 0 heterocycles. The minimum atomic E-state index is -0.574. The lowest BCUT2D eigenvalue weighted by Gasteiger charge is -2.14. The van der Waals surface area contributed by atoms with Crippen LogP contribution in [0.2, 0.25) is 0 Å². The van der Waals surface area contributed by atoms with E-state index < -0.39 is 6.04 Å². The minimum Gasteiger partial charge on any atom is -0.346 e. The Morgan fingerprint density at radius 1 is 1.24 bits per heavy atom. The quantitative estimate of drug-likeness (QED) is 0.710. The van der Waals surface area contributed by atoms with E-state index >= 15 is 0 Å². The molecule has 7 heteroatoms. The number of hydrogen-bond donors (Lipinski definition) is 3. The molecular weight excluding hydrogens is 358 g/mol. The summed E-state index contributed by atoms with van der Waals surface area (Å²) in [5.41, 5.74) is 6.40. The van der Waals surface area contributed by atoms with E-state index in [4.69, 9.17) is 5.73 Å². The number of nitrogens with one attached hydrogen (secondary N) is 2. The van der Waals surface area contributed by atoms with Crippen LogP contribution in [0.3, 0.4) is 0 Å². The second kappa shape index (κ2) is 9.76. The molecule has 21 heavy (non-hydrogen) atoms. The number of carbonyl (C=O) groups excluding carboxylic acids is 2. The number of halogens is 2. The molecule has 2 amide bonds. The number of anilines is 1. The van der Waals surface area contributed by atoms with Crippen molar-refractivity contribution in [2.75, 3.05) is 11.9 Å². The fourth-order valence-electron chi connectivity index (χ4n) is 1.65. The highest BCUT2D eigenvalue weighted by atomic mass is 79.9. The Labute approximate surface area is 139 Å². The second-order valence-electron chi connectivity index (χ2n) is 5.01. The van der Waals surface area contributed by atoms with Gasteiger partial charge in [-0.1, -0.05) is 29.8 Å². The third-order valence-corrected chi connectivity index (χ3v) is 3.14. The van der Waals surface area contributed by atoms with Crippen LogP contribution in [0.15, 0.2) is 28.7 Å². The van der Waals surface area contributed by atoms with Crippen LogP contribution in [-0.2, 0) is 9.59 Å². The average Bonchev–Trinajstić information content (AvgIpc) is 2.38. The third kappa shape index (κ3) is 8.04. The first-order valence-electron chi connectivity index (χ1n) is 6.47. The molecule has 0 aliphatic rings. The van der Waals surface area contributed by atoms with Crippen LogP contribution in [0.25, 0.3) is 0 Å². The van der Waals surface area contributed by atoms with Crippen molar-refractivity contribution in [3.05, 3.63) is 28.7 Å². The highest BCUT2D eigenvalue weighted by molar-refractivity contribution is 9.10. The topological polar surface area (TPSA) is 84.2 Å². The molecule has 0 spiro atoms. The first kappa shape index (κ1) is 19.9. The summed E-state index contributed by atoms with van der Waals surface area (Å²) in [6.45, 7) is 3.90. The molecule has 5 nitrogen and oxygen atoms in total. The van der Waals surface area contributed by atoms with Gasteiger partial charge in [-0.25, -0.2) is 0 Å². The largest absolute Gasteiger partial charge is 0.346 e. The number of benzene rings is 1. The average molecular weight is 379 g/mol. The Bertz CT molecular complexity index is 466. The normalized spacial score (nSPS) is 11.5. The standard InChI is InChI=1S/C14H20BrN3O2.ClH/c1-9(2)7-12(16)14(20)17-8-13(19)18-11-5-3-10(15)4-6-11;/h3-6,9,12H,7-8,16H2,1-2H3,(H,17,20)(H,18,19);1H/t12-;/m0./s1. The maximum absolute atomic E-state index is 11.7. The van der Waals surface area contributed by atoms with Crippen LogP contribution in [0.5, 0.6) is 0 Å². The van der Waals surface area contributed by atoms with Crippen molar-refractivity contribution in [1.82, 2.24) is 5.32 Å². The van der Waals surface area contributed by atoms with Crippen LogP contribution in [0, 0.1) is 5.92 Å². The maximum atomic E-state index is 11.7. The number of amides is 2. The van der Waals surface area contributed by atoms with Crippen molar-refractivity contribution in [3.8, 4) is 0 Å². The molecule has 1 aromatic rings. The highest BCUT2D eigenvalue weighted by Gasteiger charge is 2.15. The number of hydrogen-bond acceptors (Lipinski definition) is 3. The predicted molar refractivity (Wildman–Crippen MR) is 90.5 cm³/mol. The number of nitrogens with two attached hydrogens (primary N) is 1. The van der Waals surface area contributed by atoms with Gasteiger partial charge in [0.1, 0.15) is 0 Å². The summed E-state index contributed by atoms with van der Waals surface area (Å²) < 4.78 is 0.934. The molecule has 4 N–H and O–H groups in total. The zero-order chi connectivity index (χ0) is 15.1. The van der Waals surface area contributed by atoms with Crippen molar-refractivity contribution in [2.24, 2.45) is 11.7 Å². The summed E-state index contributed by atoms with van der Waals surface area (Å²) in [5.74, 6) is -0.241. The van der Waals surface area contributed by atoms with Crippen molar-refractivity contribution < 1.29 is 9.59 Å². The van der Waals surface area contributed by atoms with Crippen molar-refractivity contribution in [2.45, 2.75) is 26.3 Å². The predicted octanol–water partition coefficient (Wildman–Crippen LogP) is 2.30. The Morgan fingerprint density at radius 2 is 1.81 bits per heavy atom. The lowest BCUT2D eigenvalue weighted by molar-refractivity contribution is -0.125. The van der Waals surface area contributed by atoms with Gasteiger partial charge in [-0.15, -0.1) is 12.4 Å². The zero-order valence-corrected chi connectivity index (χ0v) is 14.5. The van der Waals surface area contributed by atoms with Crippen LogP contribution < -0.4 is 16.4 Å². The molecular formula is C14H21BrClN3O2. The van der Waals surface area contributed by atoms with E-state index in [0.717, 1.165) is 4.47 Å². The van der Waals surface area contributed by atoms with Crippen molar-refractivity contribution in [1.29, 1.82) is 0 Å². The zero-order valence-electron chi connectivity index (χ0n) is 12.1. The first-order valence-corrected chi connectivity index (χ1v) is 7.26. The van der Waals surface area contributed by atoms with E-state index in [1.165, 1.54) is 0 Å². The second-order valence-corrected chi connectivity index (χ2v) is 5.92. The third-order valence-electron chi connectivity index (χ3n) is 2.61. The van der Waals surface area contributed by atoms with E-state index in [2.05, 4.69) is 26.6 Å². The van der Waals surface area contributed by atoms with Crippen molar-refractivity contribution in [3.63, 3.8) is 0 Å². The summed E-state index contributed by atoms with van der Waals surface area (Å²) in [6, 6.07) is 6.62. The summed E-state index contributed by atoms with van der Waals surface area (Å²) in [6.07, 6.45) is 0.597. The monoisotopic (exact) mass is 377 g/mol. The van der Waals surface area contributed by atoms with Crippen LogP contribution in [0.1, 0.15) is 20.3 Å². The van der Waals surface area contributed by atoms with Gasteiger partial charge in [-0.2, -0.15) is 0 Å². The molecule has 0 aliphatic carbocycles. The summed E-state index contributed by atoms with van der Waals surface area (Å²) in [4.78, 5) is 23.3. The summed E-state index contributed by atoms with van der Waals surface area (Å²) in [5, 5.41) is 5.22. The van der Waals surface area contributed by atoms with Crippen LogP contribution in [0.4, 0.5) is 5.69 Å². The van der Waals surface area contributed by atoms with Gasteiger partial charge in [-0.05, 0) is 36.6 Å². The Hall–Kier alpha value is -1.11. The van der Waals surface area contributed by atoms with E-state index in [9.17, 15) is 9.59 Å². The summed E-state index contributed by atoms with van der Waals surface area (Å²) in [7, 11) is 0. The smallest absolute Gasteiger partial charge is 0.243 e. The van der Waals surface area contributed by atoms with Crippen molar-refractivity contribution >= 4 is 45.8 Å². The molecule has 0 aliphatic heterocycles. The fourth-order valence-corrected chi connectivity index (χ4v) is 1.92. The molecule has 0 saturated heterocycles. The van der Waals surface area contributed by atoms with E-state index in [1.807, 2.05) is 26.0 Å². The molecule has 0 radical (unpaired) electrons. The molecule has 0 aromatic heterocycles. The van der Waals surface area contributed by atoms with Gasteiger partial charge < -0.3 is 16.4 Å². The fraction of sp³-hybridized carbons (Fsp3) is 0.429. The van der Waals surface area contributed by atoms with Gasteiger partial charge in [-0.3, -0.25) is 9.59 Å². The molecule has 0 unspecified atom stereocenters. The Kier molecular flexibility index (Phi) is 9.24. The number of rotatable bonds is 6. The summed E-state index contributed by atoms with van der Waals surface area (Å²) >= 11 is 3.31.